The maximum atomic E-state index is 11.8. The molecule has 144 valence electrons. The summed E-state index contributed by atoms with van der Waals surface area (Å²) in [6.45, 7) is 4.21. The van der Waals surface area contributed by atoms with Crippen molar-refractivity contribution < 1.29 is 14.3 Å². The predicted molar refractivity (Wildman–Crippen MR) is 103 cm³/mol. The van der Waals surface area contributed by atoms with Gasteiger partial charge in [-0.2, -0.15) is 0 Å². The van der Waals surface area contributed by atoms with Crippen LogP contribution in [0.2, 0.25) is 0 Å². The molecule has 0 radical (unpaired) electrons. The molecule has 1 unspecified atom stereocenters. The van der Waals surface area contributed by atoms with E-state index in [1.807, 2.05) is 19.1 Å². The molecular weight excluding hydrogens is 332 g/mol. The van der Waals surface area contributed by atoms with Gasteiger partial charge in [0.2, 0.25) is 5.91 Å². The molecule has 0 spiro atoms. The second-order valence-corrected chi connectivity index (χ2v) is 6.68. The fourth-order valence-corrected chi connectivity index (χ4v) is 2.71. The first-order chi connectivity index (χ1) is 12.5. The summed E-state index contributed by atoms with van der Waals surface area (Å²) >= 11 is 0. The topological polar surface area (TPSA) is 75.2 Å². The Morgan fingerprint density at radius 2 is 2.15 bits per heavy atom. The van der Waals surface area contributed by atoms with Gasteiger partial charge in [0.25, 0.3) is 0 Å². The van der Waals surface area contributed by atoms with E-state index in [1.54, 1.807) is 26.1 Å². The van der Waals surface area contributed by atoms with Crippen molar-refractivity contribution in [3.05, 3.63) is 29.3 Å². The van der Waals surface area contributed by atoms with Crippen molar-refractivity contribution in [2.24, 2.45) is 4.99 Å². The number of nitrogens with one attached hydrogen (secondary N) is 2. The molecule has 0 saturated carbocycles. The highest BCUT2D eigenvalue weighted by Gasteiger charge is 2.16. The van der Waals surface area contributed by atoms with Crippen LogP contribution in [0.1, 0.15) is 24.0 Å². The molecule has 1 aliphatic heterocycles. The molecule has 1 saturated heterocycles. The zero-order valence-electron chi connectivity index (χ0n) is 16.2. The molecule has 1 heterocycles. The van der Waals surface area contributed by atoms with E-state index in [0.29, 0.717) is 19.0 Å². The van der Waals surface area contributed by atoms with E-state index in [-0.39, 0.29) is 18.6 Å². The Morgan fingerprint density at radius 3 is 2.81 bits per heavy atom. The van der Waals surface area contributed by atoms with Gasteiger partial charge in [-0.25, -0.2) is 4.99 Å². The van der Waals surface area contributed by atoms with E-state index in [2.05, 4.69) is 21.7 Å². The quantitative estimate of drug-likeness (QED) is 0.565. The number of methoxy groups -OCH3 is 1. The molecule has 1 amide bonds. The third-order valence-electron chi connectivity index (χ3n) is 4.19. The average Bonchev–Trinajstić information content (AvgIpc) is 3.13. The summed E-state index contributed by atoms with van der Waals surface area (Å²) in [6.07, 6.45) is 2.34. The lowest BCUT2D eigenvalue weighted by Gasteiger charge is -2.17. The smallest absolute Gasteiger partial charge is 0.241 e. The van der Waals surface area contributed by atoms with Crippen LogP contribution in [0.5, 0.6) is 5.75 Å². The molecule has 0 aliphatic carbocycles. The molecule has 2 rings (SSSR count). The standard InChI is InChI=1S/C19H30N4O3/c1-14-8-15(10-17(9-14)25-4)11-20-19(22-13-18(24)23(2)3)21-12-16-6-5-7-26-16/h8-10,16H,5-7,11-13H2,1-4H3,(H2,20,21,22). The number of amides is 1. The van der Waals surface area contributed by atoms with Crippen molar-refractivity contribution in [3.63, 3.8) is 0 Å². The molecule has 2 N–H and O–H groups in total. The Hall–Kier alpha value is -2.28. The summed E-state index contributed by atoms with van der Waals surface area (Å²) in [5.74, 6) is 1.42. The lowest BCUT2D eigenvalue weighted by Crippen LogP contribution is -2.45. The Bertz CT molecular complexity index is 625. The summed E-state index contributed by atoms with van der Waals surface area (Å²) in [5.41, 5.74) is 2.18. The number of hydrogen-bond donors (Lipinski definition) is 2. The van der Waals surface area contributed by atoms with Crippen molar-refractivity contribution in [3.8, 4) is 5.75 Å². The Kier molecular flexibility index (Phi) is 7.72. The van der Waals surface area contributed by atoms with Crippen molar-refractivity contribution in [2.75, 3.05) is 40.9 Å². The number of aliphatic imine (C=N–C) groups is 1. The number of benzene rings is 1. The van der Waals surface area contributed by atoms with Crippen molar-refractivity contribution in [2.45, 2.75) is 32.4 Å². The second kappa shape index (κ2) is 10.0. The normalized spacial score (nSPS) is 17.1. The predicted octanol–water partition coefficient (Wildman–Crippen LogP) is 1.31. The Balaban J connectivity index is 2.01. The van der Waals surface area contributed by atoms with Crippen molar-refractivity contribution >= 4 is 11.9 Å². The van der Waals surface area contributed by atoms with Crippen LogP contribution in [-0.4, -0.2) is 63.8 Å². The molecule has 1 fully saturated rings. The average molecular weight is 362 g/mol. The van der Waals surface area contributed by atoms with Gasteiger partial charge in [0.15, 0.2) is 5.96 Å². The van der Waals surface area contributed by atoms with Crippen molar-refractivity contribution in [1.29, 1.82) is 0 Å². The summed E-state index contributed by atoms with van der Waals surface area (Å²) in [6, 6.07) is 6.03. The van der Waals surface area contributed by atoms with E-state index in [4.69, 9.17) is 9.47 Å². The highest BCUT2D eigenvalue weighted by Crippen LogP contribution is 2.17. The molecule has 26 heavy (non-hydrogen) atoms. The van der Waals surface area contributed by atoms with Crippen LogP contribution < -0.4 is 15.4 Å². The zero-order chi connectivity index (χ0) is 18.9. The maximum Gasteiger partial charge on any atom is 0.241 e. The Morgan fingerprint density at radius 1 is 1.35 bits per heavy atom. The van der Waals surface area contributed by atoms with E-state index in [9.17, 15) is 4.79 Å². The van der Waals surface area contributed by atoms with Crippen LogP contribution >= 0.6 is 0 Å². The first-order valence-electron chi connectivity index (χ1n) is 8.96. The fraction of sp³-hybridized carbons (Fsp3) is 0.579. The van der Waals surface area contributed by atoms with Crippen LogP contribution in [0.3, 0.4) is 0 Å². The number of nitrogens with zero attached hydrogens (tertiary/aromatic N) is 2. The van der Waals surface area contributed by atoms with Gasteiger partial charge in [0.05, 0.1) is 26.3 Å². The zero-order valence-corrected chi connectivity index (χ0v) is 16.2. The minimum atomic E-state index is -0.00570. The van der Waals surface area contributed by atoms with Gasteiger partial charge in [0, 0.05) is 27.2 Å². The molecule has 1 aromatic rings. The minimum Gasteiger partial charge on any atom is -0.497 e. The van der Waals surface area contributed by atoms with Crippen LogP contribution in [0.25, 0.3) is 0 Å². The number of hydrogen-bond acceptors (Lipinski definition) is 4. The summed E-state index contributed by atoms with van der Waals surface area (Å²) in [7, 11) is 5.13. The number of carbonyl (C=O) groups is 1. The highest BCUT2D eigenvalue weighted by molar-refractivity contribution is 5.86. The number of guanidine groups is 1. The lowest BCUT2D eigenvalue weighted by molar-refractivity contribution is -0.127. The van der Waals surface area contributed by atoms with Crippen LogP contribution in [0, 0.1) is 6.92 Å². The third kappa shape index (κ3) is 6.55. The number of ether oxygens (including phenoxy) is 2. The maximum absolute atomic E-state index is 11.8. The molecule has 7 nitrogen and oxygen atoms in total. The molecule has 7 heteroatoms. The first kappa shape index (κ1) is 20.0. The fourth-order valence-electron chi connectivity index (χ4n) is 2.71. The molecule has 1 aromatic carbocycles. The van der Waals surface area contributed by atoms with E-state index in [1.165, 1.54) is 0 Å². The first-order valence-corrected chi connectivity index (χ1v) is 8.96. The molecule has 0 aromatic heterocycles. The number of aryl methyl sites for hydroxylation is 1. The second-order valence-electron chi connectivity index (χ2n) is 6.68. The van der Waals surface area contributed by atoms with Gasteiger partial charge in [-0.15, -0.1) is 0 Å². The van der Waals surface area contributed by atoms with Crippen LogP contribution in [-0.2, 0) is 16.1 Å². The summed E-state index contributed by atoms with van der Waals surface area (Å²) in [4.78, 5) is 18.0. The minimum absolute atomic E-state index is 0.00570. The van der Waals surface area contributed by atoms with Crippen LogP contribution in [0.4, 0.5) is 0 Å². The number of rotatable bonds is 7. The molecule has 1 aliphatic rings. The number of likely N-dealkylation sites (N-methyl/N-ethyl adjacent to an activating group) is 1. The van der Waals surface area contributed by atoms with Gasteiger partial charge in [-0.3, -0.25) is 4.79 Å². The SMILES string of the molecule is COc1cc(C)cc(CN=C(NCC(=O)N(C)C)NCC2CCCO2)c1. The molecule has 0 bridgehead atoms. The Labute approximate surface area is 155 Å². The van der Waals surface area contributed by atoms with E-state index < -0.39 is 0 Å². The third-order valence-corrected chi connectivity index (χ3v) is 4.19. The van der Waals surface area contributed by atoms with Gasteiger partial charge < -0.3 is 25.0 Å². The van der Waals surface area contributed by atoms with E-state index in [0.717, 1.165) is 36.3 Å². The monoisotopic (exact) mass is 362 g/mol. The largest absolute Gasteiger partial charge is 0.497 e. The van der Waals surface area contributed by atoms with Gasteiger partial charge in [0.1, 0.15) is 5.75 Å². The van der Waals surface area contributed by atoms with Gasteiger partial charge >= 0.3 is 0 Å². The van der Waals surface area contributed by atoms with E-state index >= 15 is 0 Å². The van der Waals surface area contributed by atoms with Gasteiger partial charge in [-0.05, 0) is 43.0 Å². The summed E-state index contributed by atoms with van der Waals surface area (Å²) in [5, 5.41) is 6.38. The van der Waals surface area contributed by atoms with Gasteiger partial charge in [-0.1, -0.05) is 6.07 Å². The molecular formula is C19H30N4O3. The lowest BCUT2D eigenvalue weighted by atomic mass is 10.1. The van der Waals surface area contributed by atoms with Crippen molar-refractivity contribution in [1.82, 2.24) is 15.5 Å². The summed E-state index contributed by atoms with van der Waals surface area (Å²) < 4.78 is 11.0. The number of carbonyl (C=O) groups excluding carboxylic acids is 1. The van der Waals surface area contributed by atoms with Crippen LogP contribution in [0.15, 0.2) is 23.2 Å². The molecule has 1 atom stereocenters. The highest BCUT2D eigenvalue weighted by atomic mass is 16.5.